The van der Waals surface area contributed by atoms with Gasteiger partial charge in [0.1, 0.15) is 0 Å². The van der Waals surface area contributed by atoms with Crippen LogP contribution in [0.1, 0.15) is 63.1 Å². The van der Waals surface area contributed by atoms with Crippen molar-refractivity contribution in [2.45, 2.75) is 52.4 Å². The molecule has 0 saturated heterocycles. The van der Waals surface area contributed by atoms with Gasteiger partial charge in [0.15, 0.2) is 5.82 Å². The minimum atomic E-state index is 0.382. The molecule has 19 heavy (non-hydrogen) atoms. The van der Waals surface area contributed by atoms with Gasteiger partial charge in [-0.3, -0.25) is 10.2 Å². The van der Waals surface area contributed by atoms with Gasteiger partial charge in [-0.25, -0.2) is 4.98 Å². The van der Waals surface area contributed by atoms with Crippen LogP contribution in [0, 0.1) is 4.77 Å². The third-order valence-corrected chi connectivity index (χ3v) is 4.70. The van der Waals surface area contributed by atoms with Crippen LogP contribution in [0.3, 0.4) is 0 Å². The number of hydrogen-bond acceptors (Lipinski definition) is 4. The van der Waals surface area contributed by atoms with Crippen molar-refractivity contribution < 1.29 is 0 Å². The number of nitrogens with zero attached hydrogens (tertiary/aromatic N) is 2. The highest BCUT2D eigenvalue weighted by molar-refractivity contribution is 7.71. The van der Waals surface area contributed by atoms with Crippen molar-refractivity contribution in [3.8, 4) is 10.7 Å². The lowest BCUT2D eigenvalue weighted by Gasteiger charge is -2.07. The fourth-order valence-electron chi connectivity index (χ4n) is 2.10. The normalized spacial score (nSPS) is 11.7. The summed E-state index contributed by atoms with van der Waals surface area (Å²) in [5, 5.41) is 7.11. The van der Waals surface area contributed by atoms with Crippen molar-refractivity contribution in [1.82, 2.24) is 20.2 Å². The topological polar surface area (TPSA) is 57.4 Å². The number of H-pyrrole nitrogens is 2. The summed E-state index contributed by atoms with van der Waals surface area (Å²) in [6.07, 6.45) is 2.25. The molecule has 104 valence electrons. The highest BCUT2D eigenvalue weighted by atomic mass is 32.1. The fourth-order valence-corrected chi connectivity index (χ4v) is 3.68. The van der Waals surface area contributed by atoms with Gasteiger partial charge in [-0.15, -0.1) is 11.3 Å². The quantitative estimate of drug-likeness (QED) is 0.792. The zero-order chi connectivity index (χ0) is 14.0. The van der Waals surface area contributed by atoms with E-state index in [1.165, 1.54) is 5.01 Å². The van der Waals surface area contributed by atoms with Gasteiger partial charge in [-0.05, 0) is 31.0 Å². The van der Waals surface area contributed by atoms with E-state index in [-0.39, 0.29) is 0 Å². The third-order valence-electron chi connectivity index (χ3n) is 3.27. The summed E-state index contributed by atoms with van der Waals surface area (Å²) < 4.78 is 0.488. The second-order valence-corrected chi connectivity index (χ2v) is 6.37. The molecule has 0 bridgehead atoms. The van der Waals surface area contributed by atoms with Gasteiger partial charge >= 0.3 is 0 Å². The lowest BCUT2D eigenvalue weighted by atomic mass is 10.0. The lowest BCUT2D eigenvalue weighted by Crippen LogP contribution is -1.96. The Morgan fingerprint density at radius 1 is 1.16 bits per heavy atom. The van der Waals surface area contributed by atoms with E-state index >= 15 is 0 Å². The molecular weight excluding hydrogens is 276 g/mol. The number of aromatic amines is 2. The molecule has 4 nitrogen and oxygen atoms in total. The summed E-state index contributed by atoms with van der Waals surface area (Å²) >= 11 is 6.77. The van der Waals surface area contributed by atoms with Crippen molar-refractivity contribution >= 4 is 23.6 Å². The first kappa shape index (κ1) is 14.4. The van der Waals surface area contributed by atoms with Crippen LogP contribution in [-0.2, 0) is 0 Å². The lowest BCUT2D eigenvalue weighted by molar-refractivity contribution is 0.632. The molecular formula is C13H20N4S2. The van der Waals surface area contributed by atoms with E-state index in [1.807, 2.05) is 0 Å². The Labute approximate surface area is 122 Å². The number of hydrogen-bond donors (Lipinski definition) is 2. The predicted molar refractivity (Wildman–Crippen MR) is 82.3 cm³/mol. The molecule has 2 rings (SSSR count). The Balaban J connectivity index is 2.50. The van der Waals surface area contributed by atoms with E-state index in [9.17, 15) is 0 Å². The van der Waals surface area contributed by atoms with E-state index in [0.29, 0.717) is 16.6 Å². The fraction of sp³-hybridized carbons (Fsp3) is 0.615. The summed E-state index contributed by atoms with van der Waals surface area (Å²) in [5.74, 6) is 1.73. The summed E-state index contributed by atoms with van der Waals surface area (Å²) in [6.45, 7) is 8.76. The molecule has 2 N–H and O–H groups in total. The average molecular weight is 296 g/mol. The molecule has 0 aliphatic heterocycles. The molecule has 0 radical (unpaired) electrons. The molecule has 0 aliphatic carbocycles. The van der Waals surface area contributed by atoms with Gasteiger partial charge in [0.2, 0.25) is 4.77 Å². The molecule has 2 aromatic rings. The molecule has 0 aromatic carbocycles. The highest BCUT2D eigenvalue weighted by Crippen LogP contribution is 2.37. The largest absolute Gasteiger partial charge is 0.281 e. The molecule has 2 heterocycles. The van der Waals surface area contributed by atoms with E-state index in [4.69, 9.17) is 17.2 Å². The third kappa shape index (κ3) is 2.95. The summed E-state index contributed by atoms with van der Waals surface area (Å²) in [7, 11) is 0. The van der Waals surface area contributed by atoms with E-state index < -0.39 is 0 Å². The van der Waals surface area contributed by atoms with E-state index in [1.54, 1.807) is 11.3 Å². The molecule has 0 saturated carbocycles. The predicted octanol–water partition coefficient (Wildman–Crippen LogP) is 4.62. The molecule has 0 unspecified atom stereocenters. The zero-order valence-corrected chi connectivity index (χ0v) is 13.4. The van der Waals surface area contributed by atoms with Crippen LogP contribution in [-0.4, -0.2) is 20.2 Å². The monoisotopic (exact) mass is 296 g/mol. The molecule has 0 fully saturated rings. The zero-order valence-electron chi connectivity index (χ0n) is 11.8. The van der Waals surface area contributed by atoms with Crippen LogP contribution in [0.4, 0.5) is 0 Å². The Hall–Kier alpha value is -1.01. The van der Waals surface area contributed by atoms with Gasteiger partial charge in [0.25, 0.3) is 0 Å². The highest BCUT2D eigenvalue weighted by Gasteiger charge is 2.21. The summed E-state index contributed by atoms with van der Waals surface area (Å²) in [4.78, 5) is 10.3. The van der Waals surface area contributed by atoms with Gasteiger partial charge in [-0.1, -0.05) is 27.7 Å². The van der Waals surface area contributed by atoms with Gasteiger partial charge in [0, 0.05) is 5.92 Å². The van der Waals surface area contributed by atoms with E-state index in [2.05, 4.69) is 42.9 Å². The Bertz CT molecular complexity index is 590. The maximum atomic E-state index is 5.03. The van der Waals surface area contributed by atoms with Crippen molar-refractivity contribution in [2.24, 2.45) is 0 Å². The number of thiazole rings is 1. The number of nitrogens with one attached hydrogen (secondary N) is 2. The number of aromatic nitrogens is 4. The van der Waals surface area contributed by atoms with Crippen molar-refractivity contribution in [3.05, 3.63) is 15.5 Å². The molecule has 0 aliphatic rings. The maximum Gasteiger partial charge on any atom is 0.213 e. The van der Waals surface area contributed by atoms with Crippen molar-refractivity contribution in [3.63, 3.8) is 0 Å². The van der Waals surface area contributed by atoms with Crippen LogP contribution in [0.25, 0.3) is 10.7 Å². The summed E-state index contributed by atoms with van der Waals surface area (Å²) in [6, 6.07) is 0. The molecule has 2 aromatic heterocycles. The van der Waals surface area contributed by atoms with Crippen LogP contribution in [0.15, 0.2) is 0 Å². The Morgan fingerprint density at radius 3 is 2.32 bits per heavy atom. The van der Waals surface area contributed by atoms with Crippen molar-refractivity contribution in [2.75, 3.05) is 0 Å². The Morgan fingerprint density at radius 2 is 1.84 bits per heavy atom. The van der Waals surface area contributed by atoms with Crippen LogP contribution in [0.5, 0.6) is 0 Å². The van der Waals surface area contributed by atoms with Crippen LogP contribution in [0.2, 0.25) is 0 Å². The molecule has 6 heteroatoms. The first-order valence-electron chi connectivity index (χ1n) is 6.72. The van der Waals surface area contributed by atoms with Crippen LogP contribution < -0.4 is 0 Å². The smallest absolute Gasteiger partial charge is 0.213 e. The van der Waals surface area contributed by atoms with Gasteiger partial charge in [0.05, 0.1) is 15.6 Å². The maximum absolute atomic E-state index is 5.03. The standard InChI is InChI=1S/C13H20N4S2/c1-5-8(6-2)12-14-9(7(3)4)10(19-12)11-15-13(18)17-16-11/h7-8H,5-6H2,1-4H3,(H2,15,16,17,18). The second kappa shape index (κ2) is 5.96. The Kier molecular flexibility index (Phi) is 4.52. The molecule has 0 amide bonds. The van der Waals surface area contributed by atoms with Crippen LogP contribution >= 0.6 is 23.6 Å². The van der Waals surface area contributed by atoms with Gasteiger partial charge in [-0.2, -0.15) is 4.98 Å². The summed E-state index contributed by atoms with van der Waals surface area (Å²) in [5.41, 5.74) is 1.12. The average Bonchev–Trinajstić information content (AvgIpc) is 2.97. The van der Waals surface area contributed by atoms with Crippen molar-refractivity contribution in [1.29, 1.82) is 0 Å². The molecule has 0 spiro atoms. The number of rotatable bonds is 5. The first-order valence-corrected chi connectivity index (χ1v) is 7.94. The first-order chi connectivity index (χ1) is 9.06. The molecule has 0 atom stereocenters. The van der Waals surface area contributed by atoms with Gasteiger partial charge < -0.3 is 0 Å². The minimum absolute atomic E-state index is 0.382. The minimum Gasteiger partial charge on any atom is -0.281 e. The SMILES string of the molecule is CCC(CC)c1nc(C(C)C)c(-c2nc(=S)[nH][nH]2)s1. The second-order valence-electron chi connectivity index (χ2n) is 4.95. The van der Waals surface area contributed by atoms with E-state index in [0.717, 1.165) is 29.2 Å².